The number of aromatic amines is 1. The van der Waals surface area contributed by atoms with Gasteiger partial charge in [0.2, 0.25) is 5.91 Å². The van der Waals surface area contributed by atoms with Crippen LogP contribution in [0.25, 0.3) is 11.4 Å². The zero-order valence-electron chi connectivity index (χ0n) is 15.2. The fraction of sp³-hybridized carbons (Fsp3) is 0.286. The molecule has 1 fully saturated rings. The van der Waals surface area contributed by atoms with Crippen LogP contribution in [0.5, 0.6) is 0 Å². The summed E-state index contributed by atoms with van der Waals surface area (Å²) in [7, 11) is 0. The first kappa shape index (κ1) is 17.8. The van der Waals surface area contributed by atoms with Crippen LogP contribution in [-0.4, -0.2) is 26.8 Å². The third kappa shape index (κ3) is 4.77. The van der Waals surface area contributed by atoms with E-state index in [9.17, 15) is 4.79 Å². The zero-order chi connectivity index (χ0) is 18.6. The minimum atomic E-state index is -0.00193. The van der Waals surface area contributed by atoms with Crippen molar-refractivity contribution in [2.75, 3.05) is 11.1 Å². The maximum Gasteiger partial charge on any atom is 0.234 e. The van der Waals surface area contributed by atoms with Crippen LogP contribution in [0.15, 0.2) is 48.5 Å². The number of nitrogens with one attached hydrogen (secondary N) is 2. The van der Waals surface area contributed by atoms with Gasteiger partial charge in [-0.1, -0.05) is 42.0 Å². The summed E-state index contributed by atoms with van der Waals surface area (Å²) >= 11 is 1.61. The van der Waals surface area contributed by atoms with E-state index in [1.54, 1.807) is 11.8 Å². The lowest BCUT2D eigenvalue weighted by Gasteiger charge is -2.07. The Morgan fingerprint density at radius 3 is 2.81 bits per heavy atom. The van der Waals surface area contributed by atoms with Gasteiger partial charge in [0.1, 0.15) is 5.82 Å². The molecule has 1 aliphatic rings. The lowest BCUT2D eigenvalue weighted by Crippen LogP contribution is -2.14. The molecule has 1 amide bonds. The Bertz CT molecular complexity index is 931. The molecule has 0 atom stereocenters. The lowest BCUT2D eigenvalue weighted by atomic mass is 10.2. The van der Waals surface area contributed by atoms with Gasteiger partial charge in [-0.05, 0) is 37.5 Å². The van der Waals surface area contributed by atoms with Gasteiger partial charge < -0.3 is 5.32 Å². The summed E-state index contributed by atoms with van der Waals surface area (Å²) in [6.45, 7) is 2.07. The molecular weight excluding hydrogens is 356 g/mol. The first-order chi connectivity index (χ1) is 13.2. The highest BCUT2D eigenvalue weighted by molar-refractivity contribution is 7.99. The van der Waals surface area contributed by atoms with Gasteiger partial charge in [0.25, 0.3) is 0 Å². The first-order valence-electron chi connectivity index (χ1n) is 9.13. The summed E-state index contributed by atoms with van der Waals surface area (Å²) in [5.74, 6) is 3.44. The fourth-order valence-corrected chi connectivity index (χ4v) is 3.61. The number of hydrogen-bond acceptors (Lipinski definition) is 4. The molecule has 5 nitrogen and oxygen atoms in total. The summed E-state index contributed by atoms with van der Waals surface area (Å²) < 4.78 is 0. The van der Waals surface area contributed by atoms with Crippen LogP contribution in [0.4, 0.5) is 5.69 Å². The smallest absolute Gasteiger partial charge is 0.234 e. The molecule has 0 radical (unpaired) electrons. The molecule has 1 aliphatic carbocycles. The quantitative estimate of drug-likeness (QED) is 0.634. The van der Waals surface area contributed by atoms with Gasteiger partial charge in [-0.15, -0.1) is 11.8 Å². The number of anilines is 1. The minimum absolute atomic E-state index is 0.00193. The van der Waals surface area contributed by atoms with Crippen molar-refractivity contribution < 1.29 is 4.79 Å². The van der Waals surface area contributed by atoms with Crippen molar-refractivity contribution in [3.63, 3.8) is 0 Å². The Labute approximate surface area is 163 Å². The van der Waals surface area contributed by atoms with Crippen LogP contribution in [0.1, 0.15) is 35.7 Å². The van der Waals surface area contributed by atoms with E-state index in [4.69, 9.17) is 0 Å². The molecule has 0 saturated heterocycles. The van der Waals surface area contributed by atoms with E-state index in [1.807, 2.05) is 24.3 Å². The monoisotopic (exact) mass is 378 g/mol. The second-order valence-corrected chi connectivity index (χ2v) is 7.91. The molecule has 6 heteroatoms. The van der Waals surface area contributed by atoms with E-state index in [2.05, 4.69) is 51.7 Å². The van der Waals surface area contributed by atoms with Gasteiger partial charge in [-0.3, -0.25) is 9.89 Å². The number of benzene rings is 2. The molecule has 1 heterocycles. The second-order valence-electron chi connectivity index (χ2n) is 6.93. The summed E-state index contributed by atoms with van der Waals surface area (Å²) in [6.07, 6.45) is 2.37. The van der Waals surface area contributed by atoms with Crippen molar-refractivity contribution in [2.45, 2.75) is 31.4 Å². The summed E-state index contributed by atoms with van der Waals surface area (Å²) in [5.41, 5.74) is 4.16. The molecule has 0 bridgehead atoms. The summed E-state index contributed by atoms with van der Waals surface area (Å²) in [4.78, 5) is 16.8. The highest BCUT2D eigenvalue weighted by Gasteiger charge is 2.27. The number of thioether (sulfide) groups is 1. The molecule has 0 spiro atoms. The number of carbonyl (C=O) groups excluding carboxylic acids is 1. The van der Waals surface area contributed by atoms with Crippen LogP contribution < -0.4 is 5.32 Å². The van der Waals surface area contributed by atoms with Gasteiger partial charge in [0.15, 0.2) is 5.82 Å². The van der Waals surface area contributed by atoms with E-state index in [1.165, 1.54) is 24.0 Å². The highest BCUT2D eigenvalue weighted by Crippen LogP contribution is 2.38. The van der Waals surface area contributed by atoms with Gasteiger partial charge in [0, 0.05) is 22.9 Å². The van der Waals surface area contributed by atoms with E-state index >= 15 is 0 Å². The van der Waals surface area contributed by atoms with Gasteiger partial charge in [-0.25, -0.2) is 4.98 Å². The maximum absolute atomic E-state index is 12.2. The van der Waals surface area contributed by atoms with E-state index in [-0.39, 0.29) is 5.91 Å². The summed E-state index contributed by atoms with van der Waals surface area (Å²) in [6, 6.07) is 16.1. The number of carbonyl (C=O) groups is 1. The normalized spacial score (nSPS) is 13.5. The van der Waals surface area contributed by atoms with Crippen LogP contribution >= 0.6 is 11.8 Å². The maximum atomic E-state index is 12.2. The molecule has 4 rings (SSSR count). The van der Waals surface area contributed by atoms with E-state index in [0.29, 0.717) is 17.5 Å². The summed E-state index contributed by atoms with van der Waals surface area (Å²) in [5, 5.41) is 10.3. The Morgan fingerprint density at radius 2 is 2.04 bits per heavy atom. The van der Waals surface area contributed by atoms with E-state index < -0.39 is 0 Å². The van der Waals surface area contributed by atoms with Crippen molar-refractivity contribution in [1.82, 2.24) is 15.2 Å². The topological polar surface area (TPSA) is 70.7 Å². The minimum Gasteiger partial charge on any atom is -0.325 e. The molecule has 1 saturated carbocycles. The molecule has 0 unspecified atom stereocenters. The Balaban J connectivity index is 1.31. The average Bonchev–Trinajstić information content (AvgIpc) is 3.40. The standard InChI is InChI=1S/C21H22N4OS/c1-14-5-7-15(8-6-14)12-27-13-19(26)22-18-4-2-3-17(11-18)21-23-20(24-25-21)16-9-10-16/h2-8,11,16H,9-10,12-13H2,1H3,(H,22,26)(H,23,24,25). The fourth-order valence-electron chi connectivity index (χ4n) is 2.82. The Kier molecular flexibility index (Phi) is 5.25. The number of H-pyrrole nitrogens is 1. The Morgan fingerprint density at radius 1 is 1.22 bits per heavy atom. The average molecular weight is 379 g/mol. The van der Waals surface area contributed by atoms with Gasteiger partial charge >= 0.3 is 0 Å². The van der Waals surface area contributed by atoms with Crippen LogP contribution in [0.2, 0.25) is 0 Å². The predicted octanol–water partition coefficient (Wildman–Crippen LogP) is 4.53. The number of nitrogens with zero attached hydrogens (tertiary/aromatic N) is 2. The van der Waals surface area contributed by atoms with E-state index in [0.717, 1.165) is 22.8 Å². The Hall–Kier alpha value is -2.60. The zero-order valence-corrected chi connectivity index (χ0v) is 16.1. The van der Waals surface area contributed by atoms with Crippen molar-refractivity contribution >= 4 is 23.4 Å². The van der Waals surface area contributed by atoms with Crippen molar-refractivity contribution in [1.29, 1.82) is 0 Å². The molecule has 138 valence electrons. The molecule has 3 aromatic rings. The number of amides is 1. The number of hydrogen-bond donors (Lipinski definition) is 2. The lowest BCUT2D eigenvalue weighted by molar-refractivity contribution is -0.113. The number of rotatable bonds is 7. The molecular formula is C21H22N4OS. The highest BCUT2D eigenvalue weighted by atomic mass is 32.2. The van der Waals surface area contributed by atoms with Crippen molar-refractivity contribution in [3.8, 4) is 11.4 Å². The molecule has 1 aromatic heterocycles. The van der Waals surface area contributed by atoms with Crippen LogP contribution in [-0.2, 0) is 10.5 Å². The molecule has 0 aliphatic heterocycles. The molecule has 2 N–H and O–H groups in total. The number of aromatic nitrogens is 3. The predicted molar refractivity (Wildman–Crippen MR) is 110 cm³/mol. The third-order valence-electron chi connectivity index (χ3n) is 4.49. The largest absolute Gasteiger partial charge is 0.325 e. The molecule has 2 aromatic carbocycles. The molecule has 27 heavy (non-hydrogen) atoms. The SMILES string of the molecule is Cc1ccc(CSCC(=O)Nc2cccc(-c3n[nH]c(C4CC4)n3)c2)cc1. The van der Waals surface area contributed by atoms with Crippen molar-refractivity contribution in [3.05, 3.63) is 65.5 Å². The number of aryl methyl sites for hydroxylation is 1. The van der Waals surface area contributed by atoms with Crippen LogP contribution in [0.3, 0.4) is 0 Å². The van der Waals surface area contributed by atoms with Crippen molar-refractivity contribution in [2.24, 2.45) is 0 Å². The van der Waals surface area contributed by atoms with Crippen LogP contribution in [0, 0.1) is 6.92 Å². The first-order valence-corrected chi connectivity index (χ1v) is 10.3. The van der Waals surface area contributed by atoms with Gasteiger partial charge in [0.05, 0.1) is 5.75 Å². The third-order valence-corrected chi connectivity index (χ3v) is 5.50. The second kappa shape index (κ2) is 7.96. The van der Waals surface area contributed by atoms with Gasteiger partial charge in [-0.2, -0.15) is 5.10 Å².